The molecule has 0 atom stereocenters. The summed E-state index contributed by atoms with van der Waals surface area (Å²) in [5, 5.41) is 31.8. The molecular formula is C83H61N5O2Si2. The minimum absolute atomic E-state index is 0.494. The lowest BCUT2D eigenvalue weighted by molar-refractivity contribution is 0.667. The second-order valence-corrected chi connectivity index (χ2v) is 36.7. The Hall–Kier alpha value is -11.2. The van der Waals surface area contributed by atoms with Crippen molar-refractivity contribution < 1.29 is 8.83 Å². The van der Waals surface area contributed by atoms with Crippen molar-refractivity contribution in [3.05, 3.63) is 294 Å². The van der Waals surface area contributed by atoms with Crippen LogP contribution in [0.25, 0.3) is 76.5 Å². The lowest BCUT2D eigenvalue weighted by Gasteiger charge is -2.45. The minimum Gasteiger partial charge on any atom is -0.452 e. The average Bonchev–Trinajstić information content (AvgIpc) is 1.39. The average molecular weight is 1220 g/mol. The fourth-order valence-corrected chi connectivity index (χ4v) is 17.5. The highest BCUT2D eigenvalue weighted by atomic mass is 28.3. The molecule has 17 rings (SSSR count). The van der Waals surface area contributed by atoms with E-state index in [-0.39, 0.29) is 0 Å². The van der Waals surface area contributed by atoms with E-state index in [1.165, 1.54) is 21.5 Å². The smallest absolute Gasteiger partial charge is 0.159 e. The summed E-state index contributed by atoms with van der Waals surface area (Å²) in [5.41, 5.74) is 18.4. The normalized spacial score (nSPS) is 13.2. The van der Waals surface area contributed by atoms with Gasteiger partial charge in [0.05, 0.1) is 66.8 Å². The third-order valence-corrected chi connectivity index (χ3v) is 23.5. The molecular weight excluding hydrogens is 1160 g/mol. The van der Waals surface area contributed by atoms with E-state index in [4.69, 9.17) is 8.83 Å². The first-order chi connectivity index (χ1) is 44.8. The number of nitrogens with zero attached hydrogens (tertiary/aromatic N) is 5. The molecule has 0 unspecified atom stereocenters. The monoisotopic (exact) mass is 1220 g/mol. The van der Waals surface area contributed by atoms with Crippen molar-refractivity contribution in [2.75, 3.05) is 14.7 Å². The highest BCUT2D eigenvalue weighted by molar-refractivity contribution is 6.89. The van der Waals surface area contributed by atoms with Crippen LogP contribution in [0.1, 0.15) is 33.4 Å². The van der Waals surface area contributed by atoms with Gasteiger partial charge in [-0.3, -0.25) is 0 Å². The number of hydrogen-bond donors (Lipinski definition) is 0. The molecule has 1 spiro atoms. The van der Waals surface area contributed by atoms with E-state index in [0.29, 0.717) is 33.5 Å². The van der Waals surface area contributed by atoms with Gasteiger partial charge in [-0.15, -0.1) is 0 Å². The fourth-order valence-electron chi connectivity index (χ4n) is 15.2. The van der Waals surface area contributed by atoms with Crippen LogP contribution >= 0.6 is 0 Å². The topological polar surface area (TPSA) is 83.6 Å². The number of hydrogen-bond acceptors (Lipinski definition) is 7. The van der Waals surface area contributed by atoms with Crippen molar-refractivity contribution in [3.8, 4) is 23.3 Å². The Kier molecular flexibility index (Phi) is 12.2. The molecule has 0 saturated carbocycles. The molecule has 2 aromatic heterocycles. The third-order valence-electron chi connectivity index (χ3n) is 19.4. The molecule has 15 aromatic rings. The first-order valence-corrected chi connectivity index (χ1v) is 38.5. The maximum absolute atomic E-state index is 10.5. The quantitative estimate of drug-likeness (QED) is 0.133. The van der Waals surface area contributed by atoms with Crippen molar-refractivity contribution in [2.24, 2.45) is 0 Å². The van der Waals surface area contributed by atoms with Gasteiger partial charge in [-0.05, 0) is 129 Å². The first-order valence-electron chi connectivity index (χ1n) is 31.5. The van der Waals surface area contributed by atoms with Crippen LogP contribution < -0.4 is 25.1 Å². The number of furan rings is 2. The zero-order chi connectivity index (χ0) is 62.4. The SMILES string of the molecule is C[Si](C)(C)c1ccc(N(c2cc3c(c4ccccc24)-c2c(cc(N(c4ccc([Si](C)(C)C)cc4)c4cccc5c4oc4c(C#N)cccc45)c4ccccc24)C32c3ccccc3N(c3ccccc3)c3ccccc32)c2cccc3c2oc2c(C#N)cccc23)cc1. The third kappa shape index (κ3) is 7.96. The van der Waals surface area contributed by atoms with Gasteiger partial charge in [0.2, 0.25) is 0 Å². The van der Waals surface area contributed by atoms with E-state index >= 15 is 0 Å². The summed E-state index contributed by atoms with van der Waals surface area (Å²) >= 11 is 0. The van der Waals surface area contributed by atoms with Crippen molar-refractivity contribution in [1.29, 1.82) is 10.5 Å². The molecule has 0 fully saturated rings. The van der Waals surface area contributed by atoms with Gasteiger partial charge in [0.1, 0.15) is 12.1 Å². The highest BCUT2D eigenvalue weighted by Crippen LogP contribution is 2.67. The van der Waals surface area contributed by atoms with Gasteiger partial charge in [0, 0.05) is 49.4 Å². The van der Waals surface area contributed by atoms with Crippen LogP contribution in [0.5, 0.6) is 0 Å². The lowest BCUT2D eigenvalue weighted by atomic mass is 9.64. The van der Waals surface area contributed by atoms with Crippen molar-refractivity contribution >= 4 is 143 Å². The van der Waals surface area contributed by atoms with E-state index in [0.717, 1.165) is 117 Å². The Balaban J connectivity index is 1.04. The Bertz CT molecular complexity index is 5330. The van der Waals surface area contributed by atoms with Crippen LogP contribution in [0, 0.1) is 22.7 Å². The molecule has 0 N–H and O–H groups in total. The zero-order valence-corrected chi connectivity index (χ0v) is 53.9. The van der Waals surface area contributed by atoms with Crippen molar-refractivity contribution in [1.82, 2.24) is 0 Å². The molecule has 438 valence electrons. The number of nitriles is 2. The zero-order valence-electron chi connectivity index (χ0n) is 51.9. The van der Waals surface area contributed by atoms with Gasteiger partial charge >= 0.3 is 0 Å². The van der Waals surface area contributed by atoms with Gasteiger partial charge in [-0.25, -0.2) is 0 Å². The van der Waals surface area contributed by atoms with E-state index in [1.54, 1.807) is 0 Å². The van der Waals surface area contributed by atoms with Crippen molar-refractivity contribution in [2.45, 2.75) is 44.7 Å². The van der Waals surface area contributed by atoms with E-state index in [9.17, 15) is 10.5 Å². The summed E-state index contributed by atoms with van der Waals surface area (Å²) in [6.45, 7) is 14.4. The Morgan fingerprint density at radius 2 is 0.696 bits per heavy atom. The molecule has 92 heavy (non-hydrogen) atoms. The van der Waals surface area contributed by atoms with Crippen LogP contribution in [-0.4, -0.2) is 16.1 Å². The molecule has 1 aliphatic carbocycles. The predicted molar refractivity (Wildman–Crippen MR) is 386 cm³/mol. The van der Waals surface area contributed by atoms with Gasteiger partial charge < -0.3 is 23.5 Å². The van der Waals surface area contributed by atoms with Crippen LogP contribution in [-0.2, 0) is 5.41 Å². The van der Waals surface area contributed by atoms with Gasteiger partial charge in [0.15, 0.2) is 22.3 Å². The number of fused-ring (bicyclic) bond motifs is 19. The molecule has 7 nitrogen and oxygen atoms in total. The summed E-state index contributed by atoms with van der Waals surface area (Å²) < 4.78 is 14.1. The number of rotatable bonds is 9. The molecule has 0 bridgehead atoms. The van der Waals surface area contributed by atoms with Gasteiger partial charge in [0.25, 0.3) is 0 Å². The number of benzene rings is 13. The highest BCUT2D eigenvalue weighted by Gasteiger charge is 2.54. The molecule has 9 heteroatoms. The Morgan fingerprint density at radius 3 is 1.11 bits per heavy atom. The molecule has 0 amide bonds. The first kappa shape index (κ1) is 54.9. The van der Waals surface area contributed by atoms with E-state index < -0.39 is 21.6 Å². The summed E-state index contributed by atoms with van der Waals surface area (Å²) in [6.07, 6.45) is 0. The van der Waals surface area contributed by atoms with Crippen LogP contribution in [0.15, 0.2) is 270 Å². The largest absolute Gasteiger partial charge is 0.452 e. The summed E-state index contributed by atoms with van der Waals surface area (Å²) in [6, 6.07) is 99.8. The molecule has 3 heterocycles. The second-order valence-electron chi connectivity index (χ2n) is 26.5. The maximum Gasteiger partial charge on any atom is 0.159 e. The van der Waals surface area contributed by atoms with Gasteiger partial charge in [-0.2, -0.15) is 10.5 Å². The number of para-hydroxylation sites is 7. The predicted octanol–water partition coefficient (Wildman–Crippen LogP) is 21.7. The van der Waals surface area contributed by atoms with E-state index in [2.05, 4.69) is 303 Å². The molecule has 0 radical (unpaired) electrons. The fraction of sp³-hybridized carbons (Fsp3) is 0.0843. The standard InChI is InChI=1S/C83H61N5O2Si2/c1-91(2,3)57-44-40-55(41-45-57)87(73-38-20-32-65-63-30-18-22-52(50-84)79(63)89-81(65)73)75-48-69-77(61-28-12-10-26-59(61)75)78-62-29-13-11-27-60(62)76(49-70(78)83(69)67-34-14-16-36-71(67)86(54-24-8-7-9-25-54)72-37-17-15-35-68(72)83)88(56-42-46-58(47-43-56)92(4,5)6)74-39-21-33-66-64-31-19-23-53(51-85)80(64)90-82(66)74/h7-49H,1-6H3. The van der Waals surface area contributed by atoms with Gasteiger partial charge in [-0.1, -0.05) is 226 Å². The summed E-state index contributed by atoms with van der Waals surface area (Å²) in [7, 11) is -3.50. The summed E-state index contributed by atoms with van der Waals surface area (Å²) in [4.78, 5) is 7.29. The Morgan fingerprint density at radius 1 is 0.337 bits per heavy atom. The van der Waals surface area contributed by atoms with Crippen LogP contribution in [0.4, 0.5) is 51.2 Å². The van der Waals surface area contributed by atoms with Crippen LogP contribution in [0.2, 0.25) is 39.3 Å². The van der Waals surface area contributed by atoms with Crippen LogP contribution in [0.3, 0.4) is 0 Å². The maximum atomic E-state index is 10.5. The van der Waals surface area contributed by atoms with Crippen molar-refractivity contribution in [3.63, 3.8) is 0 Å². The molecule has 13 aromatic carbocycles. The summed E-state index contributed by atoms with van der Waals surface area (Å²) in [5.74, 6) is 0. The van der Waals surface area contributed by atoms with E-state index in [1.807, 2.05) is 24.3 Å². The second kappa shape index (κ2) is 20.4. The minimum atomic E-state index is -1.75. The molecule has 1 aliphatic heterocycles. The number of anilines is 9. The molecule has 0 saturated heterocycles. The Labute approximate surface area is 536 Å². The lowest BCUT2D eigenvalue weighted by Crippen LogP contribution is -2.37. The molecule has 2 aliphatic rings.